The zero-order chi connectivity index (χ0) is 34.9. The second kappa shape index (κ2) is 13.6. The van der Waals surface area contributed by atoms with Crippen LogP contribution in [0.4, 0.5) is 18.9 Å². The molecule has 1 unspecified atom stereocenters. The second-order valence-corrected chi connectivity index (χ2v) is 14.9. The van der Waals surface area contributed by atoms with E-state index in [4.69, 9.17) is 4.74 Å². The van der Waals surface area contributed by atoms with Crippen LogP contribution in [0.1, 0.15) is 72.5 Å². The Labute approximate surface area is 277 Å². The number of ether oxygens (including phenoxy) is 1. The summed E-state index contributed by atoms with van der Waals surface area (Å²) in [5.74, 6) is -0.892. The van der Waals surface area contributed by atoms with Crippen molar-refractivity contribution < 1.29 is 35.9 Å². The van der Waals surface area contributed by atoms with Crippen LogP contribution >= 0.6 is 0 Å². The fraction of sp³-hybridized carbons (Fsp3) is 0.343. The highest BCUT2D eigenvalue weighted by Crippen LogP contribution is 2.34. The van der Waals surface area contributed by atoms with Gasteiger partial charge in [0.15, 0.2) is 15.5 Å². The molecule has 5 rings (SSSR count). The first kappa shape index (κ1) is 34.8. The average molecular weight is 683 g/mol. The number of halogens is 3. The Kier molecular flexibility index (Phi) is 9.84. The van der Waals surface area contributed by atoms with Gasteiger partial charge < -0.3 is 15.4 Å². The largest absolute Gasteiger partial charge is 0.460 e. The van der Waals surface area contributed by atoms with Crippen molar-refractivity contribution in [3.8, 4) is 5.69 Å². The van der Waals surface area contributed by atoms with Crippen LogP contribution in [0.25, 0.3) is 5.69 Å². The molecule has 1 aromatic heterocycles. The maximum atomic E-state index is 13.8. The number of anilines is 1. The van der Waals surface area contributed by atoms with Crippen LogP contribution in [0.3, 0.4) is 0 Å². The molecule has 1 amide bonds. The molecular formula is C35H37F3N4O5S. The van der Waals surface area contributed by atoms with E-state index in [1.165, 1.54) is 12.1 Å². The van der Waals surface area contributed by atoms with E-state index in [-0.39, 0.29) is 28.4 Å². The fourth-order valence-corrected chi connectivity index (χ4v) is 6.22. The van der Waals surface area contributed by atoms with Crippen molar-refractivity contribution in [2.75, 3.05) is 18.1 Å². The van der Waals surface area contributed by atoms with Crippen LogP contribution < -0.4 is 10.6 Å². The van der Waals surface area contributed by atoms with Gasteiger partial charge in [-0.15, -0.1) is 0 Å². The van der Waals surface area contributed by atoms with Crippen molar-refractivity contribution in [1.29, 1.82) is 0 Å². The third-order valence-corrected chi connectivity index (χ3v) is 8.74. The Balaban J connectivity index is 1.46. The Bertz CT molecular complexity index is 1930. The number of hydrogen-bond acceptors (Lipinski definition) is 7. The molecule has 48 heavy (non-hydrogen) atoms. The van der Waals surface area contributed by atoms with Gasteiger partial charge in [-0.3, -0.25) is 9.59 Å². The van der Waals surface area contributed by atoms with Crippen molar-refractivity contribution >= 4 is 27.4 Å². The summed E-state index contributed by atoms with van der Waals surface area (Å²) in [5, 5.41) is 9.87. The predicted molar refractivity (Wildman–Crippen MR) is 175 cm³/mol. The Morgan fingerprint density at radius 1 is 0.979 bits per heavy atom. The monoisotopic (exact) mass is 682 g/mol. The number of nitrogens with one attached hydrogen (secondary N) is 2. The van der Waals surface area contributed by atoms with Crippen molar-refractivity contribution in [2.24, 2.45) is 5.92 Å². The summed E-state index contributed by atoms with van der Waals surface area (Å²) in [5.41, 5.74) is -0.268. The first-order valence-electron chi connectivity index (χ1n) is 15.4. The Morgan fingerprint density at radius 2 is 1.69 bits per heavy atom. The van der Waals surface area contributed by atoms with E-state index in [1.807, 2.05) is 0 Å². The van der Waals surface area contributed by atoms with E-state index in [2.05, 4.69) is 15.7 Å². The van der Waals surface area contributed by atoms with Gasteiger partial charge >= 0.3 is 12.1 Å². The molecule has 0 spiro atoms. The molecule has 1 aliphatic carbocycles. The summed E-state index contributed by atoms with van der Waals surface area (Å²) >= 11 is 0. The molecule has 0 bridgehead atoms. The molecule has 1 heterocycles. The van der Waals surface area contributed by atoms with Crippen LogP contribution in [0, 0.1) is 5.92 Å². The number of esters is 1. The molecule has 254 valence electrons. The molecule has 1 atom stereocenters. The molecule has 13 heteroatoms. The third kappa shape index (κ3) is 8.90. The van der Waals surface area contributed by atoms with E-state index in [1.54, 1.807) is 81.4 Å². The van der Waals surface area contributed by atoms with Gasteiger partial charge in [0.05, 0.1) is 23.0 Å². The molecule has 9 nitrogen and oxygen atoms in total. The van der Waals surface area contributed by atoms with Gasteiger partial charge in [0.2, 0.25) is 0 Å². The number of carbonyl (C=O) groups is 2. The molecule has 4 aromatic rings. The fourth-order valence-electron chi connectivity index (χ4n) is 5.28. The maximum Gasteiger partial charge on any atom is 0.435 e. The van der Waals surface area contributed by atoms with Gasteiger partial charge in [-0.1, -0.05) is 42.5 Å². The van der Waals surface area contributed by atoms with Crippen LogP contribution in [-0.2, 0) is 32.0 Å². The lowest BCUT2D eigenvalue weighted by atomic mass is 9.97. The van der Waals surface area contributed by atoms with Crippen LogP contribution in [-0.4, -0.2) is 48.5 Å². The number of sulfone groups is 1. The van der Waals surface area contributed by atoms with Gasteiger partial charge in [0.1, 0.15) is 11.3 Å². The minimum Gasteiger partial charge on any atom is -0.460 e. The van der Waals surface area contributed by atoms with Crippen LogP contribution in [0.15, 0.2) is 83.8 Å². The number of aromatic nitrogens is 2. The highest BCUT2D eigenvalue weighted by Gasteiger charge is 2.36. The zero-order valence-electron chi connectivity index (χ0n) is 27.0. The standard InChI is InChI=1S/C35H37F3N4O5S/c1-34(2,3)47-31(43)18-23-9-7-12-26(17-23)42-28(20-30(41-42)35(36,37)38)33(44)40-25-11-8-10-24(19-25)32(39-21-22-15-16-22)27-13-5-6-14-29(27)48(4,45)46/h5-14,17,19-20,22,32,39H,15-16,18,21H2,1-4H3,(H,40,44). The molecule has 2 N–H and O–H groups in total. The number of rotatable bonds is 11. The van der Waals surface area contributed by atoms with Crippen molar-refractivity contribution in [1.82, 2.24) is 15.1 Å². The summed E-state index contributed by atoms with van der Waals surface area (Å²) in [6, 6.07) is 19.7. The highest BCUT2D eigenvalue weighted by molar-refractivity contribution is 7.90. The van der Waals surface area contributed by atoms with Crippen molar-refractivity contribution in [3.05, 3.63) is 107 Å². The lowest BCUT2D eigenvalue weighted by Crippen LogP contribution is -2.26. The Morgan fingerprint density at radius 3 is 2.35 bits per heavy atom. The van der Waals surface area contributed by atoms with Gasteiger partial charge in [0.25, 0.3) is 5.91 Å². The van der Waals surface area contributed by atoms with E-state index in [0.717, 1.165) is 23.8 Å². The lowest BCUT2D eigenvalue weighted by molar-refractivity contribution is -0.154. The van der Waals surface area contributed by atoms with Crippen molar-refractivity contribution in [2.45, 2.75) is 62.7 Å². The quantitative estimate of drug-likeness (QED) is 0.173. The van der Waals surface area contributed by atoms with E-state index in [0.29, 0.717) is 35.2 Å². The van der Waals surface area contributed by atoms with Crippen LogP contribution in [0.5, 0.6) is 0 Å². The summed E-state index contributed by atoms with van der Waals surface area (Å²) in [6.45, 7) is 5.84. The Hall–Kier alpha value is -4.49. The first-order valence-corrected chi connectivity index (χ1v) is 17.3. The predicted octanol–water partition coefficient (Wildman–Crippen LogP) is 6.52. The molecule has 0 aliphatic heterocycles. The number of amides is 1. The average Bonchev–Trinajstić information content (AvgIpc) is 3.69. The maximum absolute atomic E-state index is 13.8. The van der Waals surface area contributed by atoms with Crippen molar-refractivity contribution in [3.63, 3.8) is 0 Å². The summed E-state index contributed by atoms with van der Waals surface area (Å²) in [6.07, 6.45) is -1.68. The zero-order valence-corrected chi connectivity index (χ0v) is 27.8. The number of benzene rings is 3. The number of nitrogens with zero attached hydrogens (tertiary/aromatic N) is 2. The number of carbonyl (C=O) groups excluding carboxylic acids is 2. The topological polar surface area (TPSA) is 119 Å². The third-order valence-electron chi connectivity index (χ3n) is 7.57. The number of hydrogen-bond donors (Lipinski definition) is 2. The van der Waals surface area contributed by atoms with Gasteiger partial charge in [-0.25, -0.2) is 13.1 Å². The molecule has 1 saturated carbocycles. The summed E-state index contributed by atoms with van der Waals surface area (Å²) < 4.78 is 73.1. The normalized spacial score (nSPS) is 14.4. The van der Waals surface area contributed by atoms with Crippen LogP contribution in [0.2, 0.25) is 0 Å². The molecule has 1 aliphatic rings. The minimum absolute atomic E-state index is 0.134. The second-order valence-electron chi connectivity index (χ2n) is 12.9. The number of alkyl halides is 3. The lowest BCUT2D eigenvalue weighted by Gasteiger charge is -2.23. The highest BCUT2D eigenvalue weighted by atomic mass is 32.2. The molecular weight excluding hydrogens is 645 g/mol. The smallest absolute Gasteiger partial charge is 0.435 e. The van der Waals surface area contributed by atoms with E-state index < -0.39 is 45.2 Å². The SMILES string of the molecule is CC(C)(C)OC(=O)Cc1cccc(-n2nc(C(F)(F)F)cc2C(=O)Nc2cccc(C(NCC3CC3)c3ccccc3S(C)(=O)=O)c2)c1. The first-order chi connectivity index (χ1) is 22.5. The summed E-state index contributed by atoms with van der Waals surface area (Å²) in [4.78, 5) is 26.2. The minimum atomic E-state index is -4.83. The molecule has 0 saturated heterocycles. The van der Waals surface area contributed by atoms with Gasteiger partial charge in [-0.05, 0) is 93.1 Å². The molecule has 0 radical (unpaired) electrons. The van der Waals surface area contributed by atoms with E-state index in [9.17, 15) is 31.2 Å². The molecule has 3 aromatic carbocycles. The summed E-state index contributed by atoms with van der Waals surface area (Å²) in [7, 11) is -3.57. The molecule has 1 fully saturated rings. The van der Waals surface area contributed by atoms with E-state index >= 15 is 0 Å². The van der Waals surface area contributed by atoms with Gasteiger partial charge in [-0.2, -0.15) is 18.3 Å². The van der Waals surface area contributed by atoms with Gasteiger partial charge in [0, 0.05) is 18.0 Å².